The first-order chi connectivity index (χ1) is 8.13. The van der Waals surface area contributed by atoms with Crippen molar-refractivity contribution in [2.75, 3.05) is 18.5 Å². The van der Waals surface area contributed by atoms with Gasteiger partial charge in [0.25, 0.3) is 0 Å². The number of nitrogens with zero attached hydrogens (tertiary/aromatic N) is 1. The predicted octanol–water partition coefficient (Wildman–Crippen LogP) is 2.78. The van der Waals surface area contributed by atoms with E-state index in [9.17, 15) is 4.39 Å². The molecule has 0 spiro atoms. The molecule has 0 saturated carbocycles. The minimum atomic E-state index is -0.0984. The summed E-state index contributed by atoms with van der Waals surface area (Å²) in [5.41, 5.74) is 1.84. The summed E-state index contributed by atoms with van der Waals surface area (Å²) in [6.45, 7) is 6.08. The second kappa shape index (κ2) is 5.05. The number of halogens is 1. The summed E-state index contributed by atoms with van der Waals surface area (Å²) in [4.78, 5) is 2.21. The number of para-hydroxylation sites is 1. The van der Waals surface area contributed by atoms with Gasteiger partial charge in [0.05, 0.1) is 5.69 Å². The standard InChI is InChI=1S/C14H21FN2/c1-10-7-11(2)17(9-10)14-12(8-16-3)5-4-6-13(14)15/h4-6,10-11,16H,7-9H2,1-3H3. The molecule has 1 aromatic rings. The summed E-state index contributed by atoms with van der Waals surface area (Å²) in [6, 6.07) is 5.78. The van der Waals surface area contributed by atoms with Gasteiger partial charge in [-0.25, -0.2) is 4.39 Å². The fourth-order valence-electron chi connectivity index (χ4n) is 2.83. The Labute approximate surface area is 103 Å². The molecule has 1 saturated heterocycles. The average molecular weight is 236 g/mol. The first kappa shape index (κ1) is 12.4. The number of hydrogen-bond acceptors (Lipinski definition) is 2. The lowest BCUT2D eigenvalue weighted by Crippen LogP contribution is -2.29. The molecule has 1 heterocycles. The van der Waals surface area contributed by atoms with Gasteiger partial charge in [0.2, 0.25) is 0 Å². The molecule has 17 heavy (non-hydrogen) atoms. The van der Waals surface area contributed by atoms with Gasteiger partial charge in [-0.3, -0.25) is 0 Å². The molecule has 0 amide bonds. The lowest BCUT2D eigenvalue weighted by atomic mass is 10.1. The molecule has 1 N–H and O–H groups in total. The molecule has 2 nitrogen and oxygen atoms in total. The van der Waals surface area contributed by atoms with Crippen molar-refractivity contribution in [3.8, 4) is 0 Å². The van der Waals surface area contributed by atoms with Crippen LogP contribution in [-0.4, -0.2) is 19.6 Å². The highest BCUT2D eigenvalue weighted by Gasteiger charge is 2.29. The summed E-state index contributed by atoms with van der Waals surface area (Å²) < 4.78 is 14.1. The van der Waals surface area contributed by atoms with Gasteiger partial charge in [-0.1, -0.05) is 19.1 Å². The molecule has 1 aliphatic rings. The van der Waals surface area contributed by atoms with Crippen molar-refractivity contribution < 1.29 is 4.39 Å². The van der Waals surface area contributed by atoms with Crippen LogP contribution >= 0.6 is 0 Å². The van der Waals surface area contributed by atoms with E-state index in [1.807, 2.05) is 13.1 Å². The Kier molecular flexibility index (Phi) is 3.67. The number of nitrogens with one attached hydrogen (secondary N) is 1. The minimum Gasteiger partial charge on any atom is -0.366 e. The third kappa shape index (κ3) is 2.44. The van der Waals surface area contributed by atoms with Gasteiger partial charge in [-0.2, -0.15) is 0 Å². The fraction of sp³-hybridized carbons (Fsp3) is 0.571. The van der Waals surface area contributed by atoms with Crippen LogP contribution in [-0.2, 0) is 6.54 Å². The Morgan fingerprint density at radius 3 is 2.76 bits per heavy atom. The molecule has 0 aromatic heterocycles. The first-order valence-electron chi connectivity index (χ1n) is 6.32. The molecule has 3 heteroatoms. The van der Waals surface area contributed by atoms with Crippen LogP contribution in [0.15, 0.2) is 18.2 Å². The van der Waals surface area contributed by atoms with Crippen molar-refractivity contribution in [3.05, 3.63) is 29.6 Å². The summed E-state index contributed by atoms with van der Waals surface area (Å²) in [6.07, 6.45) is 1.15. The van der Waals surface area contributed by atoms with Crippen molar-refractivity contribution in [2.24, 2.45) is 5.92 Å². The molecule has 1 fully saturated rings. The molecule has 0 radical (unpaired) electrons. The monoisotopic (exact) mass is 236 g/mol. The second-order valence-electron chi connectivity index (χ2n) is 5.12. The molecule has 94 valence electrons. The number of hydrogen-bond donors (Lipinski definition) is 1. The molecule has 0 aliphatic carbocycles. The third-order valence-electron chi connectivity index (χ3n) is 3.51. The van der Waals surface area contributed by atoms with Gasteiger partial charge in [0.1, 0.15) is 5.82 Å². The van der Waals surface area contributed by atoms with E-state index in [-0.39, 0.29) is 5.82 Å². The topological polar surface area (TPSA) is 15.3 Å². The smallest absolute Gasteiger partial charge is 0.146 e. The van der Waals surface area contributed by atoms with Crippen molar-refractivity contribution in [2.45, 2.75) is 32.9 Å². The van der Waals surface area contributed by atoms with Crippen LogP contribution in [0.5, 0.6) is 0 Å². The van der Waals surface area contributed by atoms with Crippen molar-refractivity contribution >= 4 is 5.69 Å². The normalized spacial score (nSPS) is 24.4. The maximum atomic E-state index is 14.1. The Hall–Kier alpha value is -1.09. The highest BCUT2D eigenvalue weighted by atomic mass is 19.1. The average Bonchev–Trinajstić information content (AvgIpc) is 2.58. The second-order valence-corrected chi connectivity index (χ2v) is 5.12. The van der Waals surface area contributed by atoms with Crippen LogP contribution in [0.1, 0.15) is 25.8 Å². The summed E-state index contributed by atoms with van der Waals surface area (Å²) in [5.74, 6) is 0.547. The highest BCUT2D eigenvalue weighted by molar-refractivity contribution is 5.56. The Morgan fingerprint density at radius 2 is 2.18 bits per heavy atom. The van der Waals surface area contributed by atoms with E-state index in [1.54, 1.807) is 12.1 Å². The van der Waals surface area contributed by atoms with Gasteiger partial charge >= 0.3 is 0 Å². The van der Waals surface area contributed by atoms with Gasteiger partial charge in [-0.05, 0) is 37.9 Å². The van der Waals surface area contributed by atoms with Gasteiger partial charge < -0.3 is 10.2 Å². The SMILES string of the molecule is CNCc1cccc(F)c1N1CC(C)CC1C. The quantitative estimate of drug-likeness (QED) is 0.868. The van der Waals surface area contributed by atoms with E-state index in [1.165, 1.54) is 0 Å². The van der Waals surface area contributed by atoms with Gasteiger partial charge in [0, 0.05) is 19.1 Å². The van der Waals surface area contributed by atoms with Crippen LogP contribution < -0.4 is 10.2 Å². The lowest BCUT2D eigenvalue weighted by molar-refractivity contribution is 0.607. The van der Waals surface area contributed by atoms with Gasteiger partial charge in [-0.15, -0.1) is 0 Å². The van der Waals surface area contributed by atoms with Crippen LogP contribution in [0.25, 0.3) is 0 Å². The minimum absolute atomic E-state index is 0.0984. The van der Waals surface area contributed by atoms with Crippen LogP contribution in [0.2, 0.25) is 0 Å². The zero-order valence-electron chi connectivity index (χ0n) is 10.8. The predicted molar refractivity (Wildman–Crippen MR) is 69.8 cm³/mol. The van der Waals surface area contributed by atoms with Crippen LogP contribution in [0.3, 0.4) is 0 Å². The van der Waals surface area contributed by atoms with Crippen molar-refractivity contribution in [1.82, 2.24) is 5.32 Å². The molecule has 2 unspecified atom stereocenters. The van der Waals surface area contributed by atoms with Crippen LogP contribution in [0, 0.1) is 11.7 Å². The molecular weight excluding hydrogens is 215 g/mol. The number of rotatable bonds is 3. The zero-order valence-corrected chi connectivity index (χ0v) is 10.8. The largest absolute Gasteiger partial charge is 0.366 e. The molecular formula is C14H21FN2. The van der Waals surface area contributed by atoms with E-state index in [4.69, 9.17) is 0 Å². The Morgan fingerprint density at radius 1 is 1.41 bits per heavy atom. The third-order valence-corrected chi connectivity index (χ3v) is 3.51. The highest BCUT2D eigenvalue weighted by Crippen LogP contribution is 2.33. The Balaban J connectivity index is 2.36. The summed E-state index contributed by atoms with van der Waals surface area (Å²) >= 11 is 0. The summed E-state index contributed by atoms with van der Waals surface area (Å²) in [7, 11) is 1.89. The zero-order chi connectivity index (χ0) is 12.4. The molecule has 0 bridgehead atoms. The maximum Gasteiger partial charge on any atom is 0.146 e. The van der Waals surface area contributed by atoms with E-state index in [0.29, 0.717) is 18.5 Å². The van der Waals surface area contributed by atoms with E-state index >= 15 is 0 Å². The molecule has 2 rings (SSSR count). The fourth-order valence-corrected chi connectivity index (χ4v) is 2.83. The first-order valence-corrected chi connectivity index (χ1v) is 6.32. The van der Waals surface area contributed by atoms with Gasteiger partial charge in [0.15, 0.2) is 0 Å². The van der Waals surface area contributed by atoms with Crippen molar-refractivity contribution in [3.63, 3.8) is 0 Å². The van der Waals surface area contributed by atoms with E-state index in [0.717, 1.165) is 24.2 Å². The van der Waals surface area contributed by atoms with E-state index in [2.05, 4.69) is 24.1 Å². The summed E-state index contributed by atoms with van der Waals surface area (Å²) in [5, 5.41) is 3.11. The number of anilines is 1. The molecule has 2 atom stereocenters. The molecule has 1 aromatic carbocycles. The lowest BCUT2D eigenvalue weighted by Gasteiger charge is -2.27. The maximum absolute atomic E-state index is 14.1. The van der Waals surface area contributed by atoms with Crippen LogP contribution in [0.4, 0.5) is 10.1 Å². The number of benzene rings is 1. The Bertz CT molecular complexity index is 392. The van der Waals surface area contributed by atoms with E-state index < -0.39 is 0 Å². The van der Waals surface area contributed by atoms with Crippen molar-refractivity contribution in [1.29, 1.82) is 0 Å². The molecule has 1 aliphatic heterocycles.